The van der Waals surface area contributed by atoms with Crippen molar-refractivity contribution in [3.05, 3.63) is 0 Å². The van der Waals surface area contributed by atoms with E-state index >= 15 is 0 Å². The van der Waals surface area contributed by atoms with E-state index in [1.807, 2.05) is 0 Å². The van der Waals surface area contributed by atoms with Crippen LogP contribution in [0.1, 0.15) is 19.8 Å². The first-order chi connectivity index (χ1) is 11.7. The van der Waals surface area contributed by atoms with Crippen molar-refractivity contribution in [2.24, 2.45) is 5.73 Å². The number of amides is 3. The van der Waals surface area contributed by atoms with Crippen LogP contribution in [0.3, 0.4) is 0 Å². The van der Waals surface area contributed by atoms with Crippen LogP contribution < -0.4 is 16.4 Å². The molecule has 0 aromatic rings. The van der Waals surface area contributed by atoms with Crippen molar-refractivity contribution in [3.8, 4) is 0 Å². The Balaban J connectivity index is 2.65. The van der Waals surface area contributed by atoms with Gasteiger partial charge in [0.05, 0.1) is 13.2 Å². The fourth-order valence-electron chi connectivity index (χ4n) is 2.47. The lowest BCUT2D eigenvalue weighted by atomic mass is 10.2. The van der Waals surface area contributed by atoms with Crippen molar-refractivity contribution in [3.63, 3.8) is 0 Å². The monoisotopic (exact) mass is 360 g/mol. The number of carbonyl (C=O) groups excluding carboxylic acids is 3. The fourth-order valence-corrected chi connectivity index (χ4v) is 2.47. The Morgan fingerprint density at radius 1 is 1.16 bits per heavy atom. The third-order valence-corrected chi connectivity index (χ3v) is 3.90. The van der Waals surface area contributed by atoms with Gasteiger partial charge in [-0.05, 0) is 19.8 Å². The van der Waals surface area contributed by atoms with Crippen molar-refractivity contribution < 1.29 is 34.5 Å². The lowest BCUT2D eigenvalue weighted by Gasteiger charge is -2.26. The predicted octanol–water partition coefficient (Wildman–Crippen LogP) is -3.64. The molecule has 1 aliphatic heterocycles. The maximum Gasteiger partial charge on any atom is 0.326 e. The highest BCUT2D eigenvalue weighted by Crippen LogP contribution is 2.18. The lowest BCUT2D eigenvalue weighted by molar-refractivity contribution is -0.149. The van der Waals surface area contributed by atoms with Crippen LogP contribution in [0.2, 0.25) is 0 Å². The highest BCUT2D eigenvalue weighted by atomic mass is 16.4. The number of hydrogen-bond donors (Lipinski definition) is 6. The van der Waals surface area contributed by atoms with Crippen LogP contribution in [0.5, 0.6) is 0 Å². The minimum Gasteiger partial charge on any atom is -0.480 e. The molecule has 0 aromatic carbocycles. The summed E-state index contributed by atoms with van der Waals surface area (Å²) in [5, 5.41) is 31.6. The largest absolute Gasteiger partial charge is 0.480 e. The number of carboxylic acids is 1. The van der Waals surface area contributed by atoms with Gasteiger partial charge in [-0.1, -0.05) is 0 Å². The Kier molecular flexibility index (Phi) is 7.74. The maximum absolute atomic E-state index is 12.3. The second-order valence-corrected chi connectivity index (χ2v) is 5.79. The smallest absolute Gasteiger partial charge is 0.326 e. The van der Waals surface area contributed by atoms with Crippen LogP contribution in [0.25, 0.3) is 0 Å². The molecule has 142 valence electrons. The van der Waals surface area contributed by atoms with Crippen molar-refractivity contribution in [2.45, 2.75) is 43.9 Å². The van der Waals surface area contributed by atoms with Crippen LogP contribution in [-0.2, 0) is 19.2 Å². The lowest BCUT2D eigenvalue weighted by Crippen LogP contribution is -2.57. The molecule has 0 spiro atoms. The fraction of sp³-hybridized carbons (Fsp3) is 0.714. The van der Waals surface area contributed by atoms with Gasteiger partial charge >= 0.3 is 5.97 Å². The van der Waals surface area contributed by atoms with Crippen LogP contribution >= 0.6 is 0 Å². The zero-order chi connectivity index (χ0) is 19.1. The first-order valence-electron chi connectivity index (χ1n) is 7.84. The van der Waals surface area contributed by atoms with E-state index in [1.54, 1.807) is 0 Å². The summed E-state index contributed by atoms with van der Waals surface area (Å²) in [7, 11) is 0. The highest BCUT2D eigenvalue weighted by molar-refractivity contribution is 5.94. The van der Waals surface area contributed by atoms with Gasteiger partial charge in [-0.15, -0.1) is 0 Å². The SMILES string of the molecule is CC(NC(=O)C(CO)NC(=O)C(N)CO)C(=O)N1CCCC1C(=O)O. The Hall–Kier alpha value is -2.24. The van der Waals surface area contributed by atoms with Crippen molar-refractivity contribution in [2.75, 3.05) is 19.8 Å². The standard InChI is InChI=1S/C14H24N4O7/c1-7(13(23)18-4-2-3-10(18)14(24)25)16-12(22)9(6-20)17-11(21)8(15)5-19/h7-10,19-20H,2-6,15H2,1H3,(H,16,22)(H,17,21)(H,24,25). The number of aliphatic hydroxyl groups is 2. The number of hydrogen-bond acceptors (Lipinski definition) is 7. The molecule has 0 radical (unpaired) electrons. The average Bonchev–Trinajstić information content (AvgIpc) is 3.07. The second kappa shape index (κ2) is 9.30. The molecule has 0 bridgehead atoms. The number of carbonyl (C=O) groups is 4. The van der Waals surface area contributed by atoms with Crippen LogP contribution in [0.15, 0.2) is 0 Å². The number of rotatable bonds is 8. The van der Waals surface area contributed by atoms with Crippen molar-refractivity contribution >= 4 is 23.7 Å². The summed E-state index contributed by atoms with van der Waals surface area (Å²) >= 11 is 0. The molecule has 1 heterocycles. The molecule has 25 heavy (non-hydrogen) atoms. The Bertz CT molecular complexity index is 527. The highest BCUT2D eigenvalue weighted by Gasteiger charge is 2.36. The van der Waals surface area contributed by atoms with Gasteiger partial charge in [-0.2, -0.15) is 0 Å². The van der Waals surface area contributed by atoms with Crippen LogP contribution in [0, 0.1) is 0 Å². The maximum atomic E-state index is 12.3. The van der Waals surface area contributed by atoms with Gasteiger partial charge in [0.1, 0.15) is 24.2 Å². The molecule has 1 saturated heterocycles. The molecule has 7 N–H and O–H groups in total. The van der Waals surface area contributed by atoms with Crippen molar-refractivity contribution in [1.82, 2.24) is 15.5 Å². The molecular weight excluding hydrogens is 336 g/mol. The number of nitrogens with one attached hydrogen (secondary N) is 2. The van der Waals surface area contributed by atoms with Gasteiger partial charge < -0.3 is 36.6 Å². The molecule has 11 heteroatoms. The first-order valence-corrected chi connectivity index (χ1v) is 7.84. The predicted molar refractivity (Wildman–Crippen MR) is 84.1 cm³/mol. The zero-order valence-corrected chi connectivity index (χ0v) is 13.8. The Labute approximate surface area is 144 Å². The number of carboxylic acid groups (broad SMARTS) is 1. The summed E-state index contributed by atoms with van der Waals surface area (Å²) < 4.78 is 0. The van der Waals surface area contributed by atoms with Gasteiger partial charge in [0.15, 0.2) is 0 Å². The molecule has 0 aliphatic carbocycles. The summed E-state index contributed by atoms with van der Waals surface area (Å²) in [5.74, 6) is -3.33. The van der Waals surface area contributed by atoms with Gasteiger partial charge in [0.25, 0.3) is 0 Å². The summed E-state index contributed by atoms with van der Waals surface area (Å²) in [6.07, 6.45) is 0.897. The molecule has 4 atom stereocenters. The number of nitrogens with zero attached hydrogens (tertiary/aromatic N) is 1. The van der Waals surface area contributed by atoms with E-state index in [0.717, 1.165) is 0 Å². The van der Waals surface area contributed by atoms with E-state index in [9.17, 15) is 24.3 Å². The number of likely N-dealkylation sites (tertiary alicyclic amines) is 1. The summed E-state index contributed by atoms with van der Waals surface area (Å²) in [5.41, 5.74) is 5.30. The first kappa shape index (κ1) is 20.8. The number of aliphatic carboxylic acids is 1. The minimum absolute atomic E-state index is 0.279. The Morgan fingerprint density at radius 3 is 2.32 bits per heavy atom. The van der Waals surface area contributed by atoms with Gasteiger partial charge in [-0.25, -0.2) is 4.79 Å². The second-order valence-electron chi connectivity index (χ2n) is 5.79. The third kappa shape index (κ3) is 5.37. The third-order valence-electron chi connectivity index (χ3n) is 3.90. The van der Waals surface area contributed by atoms with E-state index in [2.05, 4.69) is 10.6 Å². The molecular formula is C14H24N4O7. The van der Waals surface area contributed by atoms with E-state index < -0.39 is 61.1 Å². The summed E-state index contributed by atoms with van der Waals surface area (Å²) in [4.78, 5) is 48.3. The van der Waals surface area contributed by atoms with E-state index in [-0.39, 0.29) is 6.54 Å². The van der Waals surface area contributed by atoms with Crippen LogP contribution in [-0.4, -0.2) is 87.8 Å². The molecule has 0 aromatic heterocycles. The molecule has 0 saturated carbocycles. The Morgan fingerprint density at radius 2 is 1.80 bits per heavy atom. The van der Waals surface area contributed by atoms with E-state index in [4.69, 9.17) is 15.9 Å². The molecule has 4 unspecified atom stereocenters. The molecule has 3 amide bonds. The molecule has 11 nitrogen and oxygen atoms in total. The van der Waals surface area contributed by atoms with Crippen molar-refractivity contribution in [1.29, 1.82) is 0 Å². The van der Waals surface area contributed by atoms with Gasteiger partial charge in [-0.3, -0.25) is 14.4 Å². The topological polar surface area (TPSA) is 182 Å². The van der Waals surface area contributed by atoms with Gasteiger partial charge in [0, 0.05) is 6.54 Å². The van der Waals surface area contributed by atoms with Crippen LogP contribution in [0.4, 0.5) is 0 Å². The van der Waals surface area contributed by atoms with Gasteiger partial charge in [0.2, 0.25) is 17.7 Å². The quantitative estimate of drug-likeness (QED) is 0.256. The van der Waals surface area contributed by atoms with E-state index in [1.165, 1.54) is 11.8 Å². The molecule has 1 fully saturated rings. The van der Waals surface area contributed by atoms with E-state index in [0.29, 0.717) is 12.8 Å². The normalized spacial score (nSPS) is 20.5. The molecule has 1 rings (SSSR count). The number of nitrogens with two attached hydrogens (primary N) is 1. The zero-order valence-electron chi connectivity index (χ0n) is 13.8. The number of aliphatic hydroxyl groups excluding tert-OH is 2. The average molecular weight is 360 g/mol. The molecule has 1 aliphatic rings. The summed E-state index contributed by atoms with van der Waals surface area (Å²) in [6, 6.07) is -4.57. The minimum atomic E-state index is -1.35. The summed E-state index contributed by atoms with van der Waals surface area (Å²) in [6.45, 7) is 0.291.